The van der Waals surface area contributed by atoms with Crippen LogP contribution in [0.25, 0.3) is 0 Å². The first-order chi connectivity index (χ1) is 26.7. The van der Waals surface area contributed by atoms with Crippen LogP contribution in [-0.2, 0) is 0 Å². The van der Waals surface area contributed by atoms with Gasteiger partial charge in [-0.05, 0) is 240 Å². The molecule has 0 aromatic heterocycles. The van der Waals surface area contributed by atoms with Crippen LogP contribution in [0.5, 0.6) is 0 Å². The van der Waals surface area contributed by atoms with Crippen molar-refractivity contribution in [3.8, 4) is 0 Å². The maximum Gasteiger partial charge on any atom is 0.0199 e. The van der Waals surface area contributed by atoms with Crippen LogP contribution < -0.4 is 53.2 Å². The van der Waals surface area contributed by atoms with Gasteiger partial charge in [-0.25, -0.2) is 0 Å². The number of hydrogen-bond acceptors (Lipinski definition) is 11. The second-order valence-electron chi connectivity index (χ2n) is 15.3. The average molecular weight is 768 g/mol. The molecule has 0 aliphatic rings. The van der Waals surface area contributed by atoms with Crippen LogP contribution in [0.4, 0.5) is 0 Å². The van der Waals surface area contributed by atoms with Crippen LogP contribution in [0.3, 0.4) is 0 Å². The van der Waals surface area contributed by atoms with Gasteiger partial charge in [0.2, 0.25) is 0 Å². The molecule has 0 saturated heterocycles. The van der Waals surface area contributed by atoms with Gasteiger partial charge in [0.1, 0.15) is 0 Å². The van der Waals surface area contributed by atoms with Crippen molar-refractivity contribution in [1.82, 2.24) is 58.1 Å². The molecule has 0 aliphatic heterocycles. The quantitative estimate of drug-likeness (QED) is 0.0330. The van der Waals surface area contributed by atoms with Gasteiger partial charge in [-0.15, -0.1) is 0 Å². The largest absolute Gasteiger partial charge is 0.317 e. The molecule has 0 rings (SSSR count). The van der Waals surface area contributed by atoms with E-state index in [0.717, 1.165) is 137 Å². The molecule has 0 fully saturated rings. The standard InChI is InChI=1S/C43H97N11/c1-5-44-24-7-9-26-46-28-11-13-30-48-32-15-16-34-50-36-19-20-38-52-40-23-43(42-54(3)4)41-53-39-22-21-37-51-35-18-17-33-49-31-14-12-29-47-27-10-8-25-45-6-2/h23,44-53H,5-22,24-42H2,1-4H3/b43-23+. The first-order valence-electron chi connectivity index (χ1n) is 23.1. The van der Waals surface area contributed by atoms with Crippen molar-refractivity contribution in [2.45, 2.75) is 117 Å². The van der Waals surface area contributed by atoms with E-state index in [1.165, 1.54) is 108 Å². The van der Waals surface area contributed by atoms with Gasteiger partial charge in [-0.3, -0.25) is 0 Å². The molecule has 0 spiro atoms. The third-order valence-corrected chi connectivity index (χ3v) is 9.56. The molecule has 0 radical (unpaired) electrons. The van der Waals surface area contributed by atoms with Gasteiger partial charge in [0.15, 0.2) is 0 Å². The Kier molecular flexibility index (Phi) is 47.8. The van der Waals surface area contributed by atoms with E-state index in [0.29, 0.717) is 0 Å². The van der Waals surface area contributed by atoms with Crippen molar-refractivity contribution in [2.75, 3.05) is 152 Å². The Hall–Kier alpha value is -0.700. The zero-order chi connectivity index (χ0) is 39.1. The van der Waals surface area contributed by atoms with Crippen LogP contribution in [-0.4, -0.2) is 156 Å². The molecule has 0 aliphatic carbocycles. The predicted molar refractivity (Wildman–Crippen MR) is 241 cm³/mol. The Bertz CT molecular complexity index is 711. The summed E-state index contributed by atoms with van der Waals surface area (Å²) in [5.74, 6) is 0. The van der Waals surface area contributed by atoms with E-state index in [4.69, 9.17) is 0 Å². The molecule has 0 atom stereocenters. The van der Waals surface area contributed by atoms with Crippen LogP contribution in [0.15, 0.2) is 11.6 Å². The fourth-order valence-corrected chi connectivity index (χ4v) is 6.27. The molecule has 324 valence electrons. The highest BCUT2D eigenvalue weighted by molar-refractivity contribution is 5.07. The van der Waals surface area contributed by atoms with E-state index in [-0.39, 0.29) is 0 Å². The molecule has 54 heavy (non-hydrogen) atoms. The molecule has 0 aromatic carbocycles. The van der Waals surface area contributed by atoms with Gasteiger partial charge in [0.05, 0.1) is 0 Å². The van der Waals surface area contributed by atoms with Crippen molar-refractivity contribution < 1.29 is 0 Å². The number of hydrogen-bond donors (Lipinski definition) is 10. The minimum absolute atomic E-state index is 0.966. The van der Waals surface area contributed by atoms with Gasteiger partial charge in [-0.2, -0.15) is 0 Å². The van der Waals surface area contributed by atoms with E-state index in [1.807, 2.05) is 0 Å². The van der Waals surface area contributed by atoms with E-state index in [9.17, 15) is 0 Å². The summed E-state index contributed by atoms with van der Waals surface area (Å²) >= 11 is 0. The predicted octanol–water partition coefficient (Wildman–Crippen LogP) is 3.65. The lowest BCUT2D eigenvalue weighted by Crippen LogP contribution is -2.27. The molecule has 11 nitrogen and oxygen atoms in total. The first kappa shape index (κ1) is 53.3. The Labute approximate surface area is 337 Å². The minimum Gasteiger partial charge on any atom is -0.317 e. The number of unbranched alkanes of at least 4 members (excludes halogenated alkanes) is 8. The zero-order valence-electron chi connectivity index (χ0n) is 36.7. The maximum atomic E-state index is 3.69. The van der Waals surface area contributed by atoms with E-state index >= 15 is 0 Å². The Balaban J connectivity index is 3.45. The van der Waals surface area contributed by atoms with E-state index in [1.54, 1.807) is 0 Å². The van der Waals surface area contributed by atoms with Crippen molar-refractivity contribution in [2.24, 2.45) is 0 Å². The molecule has 11 heteroatoms. The van der Waals surface area contributed by atoms with Crippen LogP contribution >= 0.6 is 0 Å². The van der Waals surface area contributed by atoms with Crippen molar-refractivity contribution in [3.63, 3.8) is 0 Å². The lowest BCUT2D eigenvalue weighted by Gasteiger charge is -2.15. The number of nitrogens with zero attached hydrogens (tertiary/aromatic N) is 1. The summed E-state index contributed by atoms with van der Waals surface area (Å²) in [6, 6.07) is 0. The summed E-state index contributed by atoms with van der Waals surface area (Å²) in [6.07, 6.45) is 22.6. The van der Waals surface area contributed by atoms with Gasteiger partial charge >= 0.3 is 0 Å². The Morgan fingerprint density at radius 3 is 0.833 bits per heavy atom. The molecule has 0 aromatic rings. The highest BCUT2D eigenvalue weighted by atomic mass is 15.1. The highest BCUT2D eigenvalue weighted by Gasteiger charge is 2.01. The Morgan fingerprint density at radius 2 is 0.574 bits per heavy atom. The SMILES string of the molecule is CCNCCCCNCCCCNCCCCNCCCCNC/C=C(\CNCCCCNCCCCNCCCCNCCCCNCC)CN(C)C. The molecule has 0 unspecified atom stereocenters. The smallest absolute Gasteiger partial charge is 0.0199 e. The van der Waals surface area contributed by atoms with E-state index < -0.39 is 0 Å². The van der Waals surface area contributed by atoms with Crippen LogP contribution in [0, 0.1) is 0 Å². The second-order valence-corrected chi connectivity index (χ2v) is 15.3. The second kappa shape index (κ2) is 48.4. The van der Waals surface area contributed by atoms with Gasteiger partial charge < -0.3 is 58.1 Å². The Morgan fingerprint density at radius 1 is 0.333 bits per heavy atom. The average Bonchev–Trinajstić information content (AvgIpc) is 3.16. The maximum absolute atomic E-state index is 3.69. The topological polar surface area (TPSA) is 124 Å². The molecular weight excluding hydrogens is 671 g/mol. The summed E-state index contributed by atoms with van der Waals surface area (Å²) < 4.78 is 0. The van der Waals surface area contributed by atoms with Crippen LogP contribution in [0.1, 0.15) is 117 Å². The monoisotopic (exact) mass is 768 g/mol. The number of nitrogens with one attached hydrogen (secondary N) is 10. The van der Waals surface area contributed by atoms with Crippen molar-refractivity contribution in [1.29, 1.82) is 0 Å². The summed E-state index contributed by atoms with van der Waals surface area (Å²) in [5.41, 5.74) is 1.48. The van der Waals surface area contributed by atoms with Crippen molar-refractivity contribution in [3.05, 3.63) is 11.6 Å². The molecule has 0 heterocycles. The highest BCUT2D eigenvalue weighted by Crippen LogP contribution is 1.97. The van der Waals surface area contributed by atoms with Crippen LogP contribution in [0.2, 0.25) is 0 Å². The fraction of sp³-hybridized carbons (Fsp3) is 0.953. The van der Waals surface area contributed by atoms with E-state index in [2.05, 4.69) is 92.1 Å². The molecule has 0 bridgehead atoms. The summed E-state index contributed by atoms with van der Waals surface area (Å²) in [4.78, 5) is 2.28. The first-order valence-corrected chi connectivity index (χ1v) is 23.1. The minimum atomic E-state index is 0.966. The van der Waals surface area contributed by atoms with Gasteiger partial charge in [0.25, 0.3) is 0 Å². The summed E-state index contributed by atoms with van der Waals surface area (Å²) in [5, 5.41) is 35.7. The summed E-state index contributed by atoms with van der Waals surface area (Å²) in [7, 11) is 4.33. The van der Waals surface area contributed by atoms with Gasteiger partial charge in [0, 0.05) is 19.6 Å². The number of rotatable bonds is 48. The molecule has 0 saturated carbocycles. The molecular formula is C43H97N11. The lowest BCUT2D eigenvalue weighted by atomic mass is 10.2. The normalized spacial score (nSPS) is 12.1. The molecule has 10 N–H and O–H groups in total. The summed E-state index contributed by atoms with van der Waals surface area (Å²) in [6.45, 7) is 27.8. The number of likely N-dealkylation sites (N-methyl/N-ethyl adjacent to an activating group) is 1. The zero-order valence-corrected chi connectivity index (χ0v) is 36.7. The fourth-order valence-electron chi connectivity index (χ4n) is 6.27. The lowest BCUT2D eigenvalue weighted by molar-refractivity contribution is 0.437. The van der Waals surface area contributed by atoms with Gasteiger partial charge in [-0.1, -0.05) is 19.9 Å². The van der Waals surface area contributed by atoms with Crippen molar-refractivity contribution >= 4 is 0 Å². The third kappa shape index (κ3) is 47.5. The molecule has 0 amide bonds. The third-order valence-electron chi connectivity index (χ3n) is 9.56.